The van der Waals surface area contributed by atoms with Crippen LogP contribution in [0.5, 0.6) is 5.75 Å². The second-order valence-corrected chi connectivity index (χ2v) is 7.32. The van der Waals surface area contributed by atoms with Crippen molar-refractivity contribution in [3.8, 4) is 17.6 Å². The molecule has 5 rings (SSSR count). The van der Waals surface area contributed by atoms with Gasteiger partial charge in [0.15, 0.2) is 11.4 Å². The number of rotatable bonds is 2. The van der Waals surface area contributed by atoms with E-state index in [1.807, 2.05) is 13.8 Å². The maximum Gasteiger partial charge on any atom is 0.272 e. The fourth-order valence-corrected chi connectivity index (χ4v) is 3.78. The minimum absolute atomic E-state index is 0.0171. The molecule has 2 aromatic rings. The Morgan fingerprint density at radius 3 is 2.34 bits per heavy atom. The molecule has 6 nitrogen and oxygen atoms in total. The van der Waals surface area contributed by atoms with Gasteiger partial charge in [-0.1, -0.05) is 19.8 Å². The highest BCUT2D eigenvalue weighted by Crippen LogP contribution is 2.50. The van der Waals surface area contributed by atoms with Crippen LogP contribution < -0.4 is 14.5 Å². The Bertz CT molecular complexity index is 1220. The highest BCUT2D eigenvalue weighted by Gasteiger charge is 2.58. The van der Waals surface area contributed by atoms with Gasteiger partial charge in [-0.2, -0.15) is 0 Å². The topological polar surface area (TPSA) is 66.9 Å². The lowest BCUT2D eigenvalue weighted by atomic mass is 10.1. The predicted molar refractivity (Wildman–Crippen MR) is 114 cm³/mol. The Morgan fingerprint density at radius 2 is 1.69 bits per heavy atom. The molecular formula is C24H20F2N2O4. The summed E-state index contributed by atoms with van der Waals surface area (Å²) in [5, 5.41) is 0. The standard InChI is InChI=1S/C22H14F2N2O4.C2H6/c1-2-3-8-25-17-11-16(15(24)10-18(17)30-22(6-7-22)21(25)29)26-19(27)13-5-4-12(23)9-14(13)20(26)28;1-2/h4-5,9-11H,6-8H2,1H3;1-2H3. The van der Waals surface area contributed by atoms with Gasteiger partial charge in [-0.15, -0.1) is 5.92 Å². The summed E-state index contributed by atoms with van der Waals surface area (Å²) in [4.78, 5) is 40.4. The van der Waals surface area contributed by atoms with E-state index in [0.717, 1.165) is 18.2 Å². The largest absolute Gasteiger partial charge is 0.475 e. The molecule has 0 atom stereocenters. The summed E-state index contributed by atoms with van der Waals surface area (Å²) in [6.45, 7) is 5.69. The van der Waals surface area contributed by atoms with Gasteiger partial charge in [0.2, 0.25) is 0 Å². The van der Waals surface area contributed by atoms with Crippen LogP contribution in [0.1, 0.15) is 54.3 Å². The minimum Gasteiger partial charge on any atom is -0.475 e. The van der Waals surface area contributed by atoms with Crippen molar-refractivity contribution >= 4 is 29.1 Å². The zero-order chi connectivity index (χ0) is 23.2. The first-order chi connectivity index (χ1) is 15.4. The summed E-state index contributed by atoms with van der Waals surface area (Å²) >= 11 is 0. The van der Waals surface area contributed by atoms with Crippen LogP contribution in [0.25, 0.3) is 0 Å². The molecule has 0 N–H and O–H groups in total. The van der Waals surface area contributed by atoms with Crippen LogP contribution in [-0.2, 0) is 4.79 Å². The second kappa shape index (κ2) is 7.75. The molecular weight excluding hydrogens is 418 g/mol. The Kier molecular flexibility index (Phi) is 5.21. The quantitative estimate of drug-likeness (QED) is 0.524. The number of ether oxygens (including phenoxy) is 1. The average Bonchev–Trinajstić information content (AvgIpc) is 3.51. The van der Waals surface area contributed by atoms with Gasteiger partial charge < -0.3 is 4.74 Å². The van der Waals surface area contributed by atoms with Crippen molar-refractivity contribution < 1.29 is 27.9 Å². The van der Waals surface area contributed by atoms with Crippen LogP contribution in [0.3, 0.4) is 0 Å². The molecule has 32 heavy (non-hydrogen) atoms. The molecule has 0 aromatic heterocycles. The normalized spacial score (nSPS) is 17.1. The molecule has 1 fully saturated rings. The lowest BCUT2D eigenvalue weighted by Crippen LogP contribution is -2.48. The average molecular weight is 438 g/mol. The molecule has 1 spiro atoms. The number of amides is 3. The van der Waals surface area contributed by atoms with Gasteiger partial charge in [0.1, 0.15) is 11.6 Å². The Balaban J connectivity index is 0.00000119. The van der Waals surface area contributed by atoms with Crippen LogP contribution in [0.2, 0.25) is 0 Å². The van der Waals surface area contributed by atoms with Crippen molar-refractivity contribution in [1.82, 2.24) is 0 Å². The van der Waals surface area contributed by atoms with Gasteiger partial charge in [0.05, 0.1) is 29.0 Å². The number of halogens is 2. The third kappa shape index (κ3) is 3.12. The number of fused-ring (bicyclic) bond motifs is 2. The van der Waals surface area contributed by atoms with Crippen LogP contribution >= 0.6 is 0 Å². The molecule has 1 saturated carbocycles. The fraction of sp³-hybridized carbons (Fsp3) is 0.292. The summed E-state index contributed by atoms with van der Waals surface area (Å²) in [5.74, 6) is 2.23. The second-order valence-electron chi connectivity index (χ2n) is 7.32. The SMILES string of the molecule is CC.CC#CCN1C(=O)C2(CC2)Oc2cc(F)c(N3C(=O)c4ccc(F)cc4C3=O)cc21. The van der Waals surface area contributed by atoms with Gasteiger partial charge in [0, 0.05) is 18.9 Å². The van der Waals surface area contributed by atoms with Crippen molar-refractivity contribution in [1.29, 1.82) is 0 Å². The molecule has 3 amide bonds. The first kappa shape index (κ1) is 21.5. The maximum absolute atomic E-state index is 15.0. The van der Waals surface area contributed by atoms with Crippen LogP contribution in [0.15, 0.2) is 30.3 Å². The summed E-state index contributed by atoms with van der Waals surface area (Å²) in [5.41, 5.74) is -1.27. The molecule has 2 aliphatic heterocycles. The monoisotopic (exact) mass is 438 g/mol. The summed E-state index contributed by atoms with van der Waals surface area (Å²) in [6.07, 6.45) is 1.04. The number of hydrogen-bond donors (Lipinski definition) is 0. The van der Waals surface area contributed by atoms with E-state index in [1.165, 1.54) is 17.0 Å². The zero-order valence-corrected chi connectivity index (χ0v) is 17.8. The van der Waals surface area contributed by atoms with Crippen LogP contribution in [0.4, 0.5) is 20.2 Å². The Morgan fingerprint density at radius 1 is 1.00 bits per heavy atom. The number of carbonyl (C=O) groups excluding carboxylic acids is 3. The van der Waals surface area contributed by atoms with E-state index in [9.17, 15) is 23.2 Å². The number of hydrogen-bond acceptors (Lipinski definition) is 4. The first-order valence-corrected chi connectivity index (χ1v) is 10.3. The predicted octanol–water partition coefficient (Wildman–Crippen LogP) is 4.07. The highest BCUT2D eigenvalue weighted by atomic mass is 19.1. The maximum atomic E-state index is 15.0. The van der Waals surface area contributed by atoms with E-state index in [1.54, 1.807) is 6.92 Å². The van der Waals surface area contributed by atoms with Crippen molar-refractivity contribution in [2.75, 3.05) is 16.3 Å². The Labute approximate surface area is 183 Å². The van der Waals surface area contributed by atoms with Crippen LogP contribution in [0, 0.1) is 23.5 Å². The molecule has 0 unspecified atom stereocenters. The highest BCUT2D eigenvalue weighted by molar-refractivity contribution is 6.34. The lowest BCUT2D eigenvalue weighted by Gasteiger charge is -2.34. The van der Waals surface area contributed by atoms with E-state index < -0.39 is 29.0 Å². The Hall–Kier alpha value is -3.73. The summed E-state index contributed by atoms with van der Waals surface area (Å²) in [6, 6.07) is 5.48. The minimum atomic E-state index is -0.997. The number of benzene rings is 2. The molecule has 3 aliphatic rings. The third-order valence-corrected chi connectivity index (χ3v) is 5.47. The summed E-state index contributed by atoms with van der Waals surface area (Å²) < 4.78 is 34.3. The molecule has 0 saturated heterocycles. The van der Waals surface area contributed by atoms with Gasteiger partial charge in [-0.05, 0) is 31.2 Å². The smallest absolute Gasteiger partial charge is 0.272 e. The van der Waals surface area contributed by atoms with Gasteiger partial charge in [-0.3, -0.25) is 19.3 Å². The molecule has 0 radical (unpaired) electrons. The lowest BCUT2D eigenvalue weighted by molar-refractivity contribution is -0.128. The van der Waals surface area contributed by atoms with Crippen molar-refractivity contribution in [2.45, 2.75) is 39.2 Å². The summed E-state index contributed by atoms with van der Waals surface area (Å²) in [7, 11) is 0. The molecule has 8 heteroatoms. The van der Waals surface area contributed by atoms with Gasteiger partial charge >= 0.3 is 0 Å². The van der Waals surface area contributed by atoms with E-state index in [0.29, 0.717) is 17.7 Å². The number of anilines is 2. The van der Waals surface area contributed by atoms with Crippen molar-refractivity contribution in [3.63, 3.8) is 0 Å². The van der Waals surface area contributed by atoms with Crippen molar-refractivity contribution in [2.24, 2.45) is 0 Å². The van der Waals surface area contributed by atoms with Crippen molar-refractivity contribution in [3.05, 3.63) is 53.1 Å². The molecule has 1 aliphatic carbocycles. The third-order valence-electron chi connectivity index (χ3n) is 5.47. The molecule has 0 bridgehead atoms. The van der Waals surface area contributed by atoms with Gasteiger partial charge in [0.25, 0.3) is 17.7 Å². The molecule has 2 aromatic carbocycles. The van der Waals surface area contributed by atoms with E-state index >= 15 is 0 Å². The number of carbonyl (C=O) groups is 3. The number of imide groups is 1. The molecule has 2 heterocycles. The zero-order valence-electron chi connectivity index (χ0n) is 17.8. The van der Waals surface area contributed by atoms with E-state index in [4.69, 9.17) is 4.74 Å². The molecule has 164 valence electrons. The van der Waals surface area contributed by atoms with Crippen LogP contribution in [-0.4, -0.2) is 29.9 Å². The first-order valence-electron chi connectivity index (χ1n) is 10.3. The fourth-order valence-electron chi connectivity index (χ4n) is 3.78. The van der Waals surface area contributed by atoms with E-state index in [2.05, 4.69) is 11.8 Å². The van der Waals surface area contributed by atoms with Gasteiger partial charge in [-0.25, -0.2) is 13.7 Å². The van der Waals surface area contributed by atoms with E-state index in [-0.39, 0.29) is 40.7 Å². The number of nitrogens with zero attached hydrogens (tertiary/aromatic N) is 2.